The summed E-state index contributed by atoms with van der Waals surface area (Å²) < 4.78 is 25.3. The van der Waals surface area contributed by atoms with Crippen LogP contribution in [0.3, 0.4) is 0 Å². The maximum Gasteiger partial charge on any atom is 0.244 e. The number of amides is 1. The van der Waals surface area contributed by atoms with Crippen LogP contribution in [0.2, 0.25) is 0 Å². The molecule has 0 spiro atoms. The second-order valence-corrected chi connectivity index (χ2v) is 8.17. The van der Waals surface area contributed by atoms with Crippen LogP contribution in [0.15, 0.2) is 24.3 Å². The lowest BCUT2D eigenvalue weighted by molar-refractivity contribution is -0.123. The Morgan fingerprint density at radius 2 is 1.67 bits per heavy atom. The highest BCUT2D eigenvalue weighted by Gasteiger charge is 2.30. The number of carbonyl (C=O) groups excluding carboxylic acids is 1. The minimum Gasteiger partial charge on any atom is -0.350 e. The Bertz CT molecular complexity index is 601. The first-order chi connectivity index (χ1) is 9.42. The lowest BCUT2D eigenvalue weighted by atomic mass is 10.1. The van der Waals surface area contributed by atoms with Gasteiger partial charge in [-0.05, 0) is 46.8 Å². The van der Waals surface area contributed by atoms with Crippen molar-refractivity contribution < 1.29 is 13.2 Å². The van der Waals surface area contributed by atoms with Gasteiger partial charge in [0.05, 0.1) is 11.9 Å². The molecule has 1 aromatic carbocycles. The van der Waals surface area contributed by atoms with Crippen molar-refractivity contribution in [3.63, 3.8) is 0 Å². The van der Waals surface area contributed by atoms with Crippen molar-refractivity contribution in [3.05, 3.63) is 29.8 Å². The average Bonchev–Trinajstić information content (AvgIpc) is 2.27. The van der Waals surface area contributed by atoms with Crippen LogP contribution in [0.1, 0.15) is 33.3 Å². The predicted molar refractivity (Wildman–Crippen MR) is 85.9 cm³/mol. The van der Waals surface area contributed by atoms with E-state index in [9.17, 15) is 13.2 Å². The largest absolute Gasteiger partial charge is 0.350 e. The Labute approximate surface area is 127 Å². The standard InChI is InChI=1S/C15H24N2O3S/c1-11-7-9-13(10-8-11)17(21(6,19)20)12(2)14(18)16-15(3,4)5/h7-10,12H,1-6H3,(H,16,18)/t12-/m1/s1. The highest BCUT2D eigenvalue weighted by atomic mass is 32.2. The van der Waals surface area contributed by atoms with E-state index in [0.717, 1.165) is 16.1 Å². The molecule has 1 N–H and O–H groups in total. The number of nitrogens with zero attached hydrogens (tertiary/aromatic N) is 1. The highest BCUT2D eigenvalue weighted by molar-refractivity contribution is 7.92. The number of nitrogens with one attached hydrogen (secondary N) is 1. The molecule has 1 amide bonds. The van der Waals surface area contributed by atoms with E-state index in [0.29, 0.717) is 5.69 Å². The lowest BCUT2D eigenvalue weighted by Crippen LogP contribution is -2.52. The van der Waals surface area contributed by atoms with Gasteiger partial charge in [-0.25, -0.2) is 8.42 Å². The monoisotopic (exact) mass is 312 g/mol. The Morgan fingerprint density at radius 1 is 1.19 bits per heavy atom. The van der Waals surface area contributed by atoms with Crippen LogP contribution in [0.4, 0.5) is 5.69 Å². The smallest absolute Gasteiger partial charge is 0.244 e. The molecule has 6 heteroatoms. The first-order valence-electron chi connectivity index (χ1n) is 6.80. The quantitative estimate of drug-likeness (QED) is 0.925. The molecule has 0 aromatic heterocycles. The molecule has 0 saturated heterocycles. The summed E-state index contributed by atoms with van der Waals surface area (Å²) in [5, 5.41) is 2.81. The van der Waals surface area contributed by atoms with Gasteiger partial charge in [0, 0.05) is 5.54 Å². The van der Waals surface area contributed by atoms with E-state index < -0.39 is 21.6 Å². The molecular weight excluding hydrogens is 288 g/mol. The fraction of sp³-hybridized carbons (Fsp3) is 0.533. The number of benzene rings is 1. The molecule has 1 aromatic rings. The first-order valence-corrected chi connectivity index (χ1v) is 8.65. The molecule has 118 valence electrons. The summed E-state index contributed by atoms with van der Waals surface area (Å²) in [7, 11) is -3.56. The number of anilines is 1. The van der Waals surface area contributed by atoms with Crippen LogP contribution in [-0.4, -0.2) is 32.2 Å². The third-order valence-electron chi connectivity index (χ3n) is 2.88. The Hall–Kier alpha value is -1.56. The number of aryl methyl sites for hydroxylation is 1. The van der Waals surface area contributed by atoms with Crippen LogP contribution in [0.5, 0.6) is 0 Å². The second kappa shape index (κ2) is 6.05. The molecule has 0 unspecified atom stereocenters. The number of carbonyl (C=O) groups is 1. The fourth-order valence-corrected chi connectivity index (χ4v) is 3.15. The zero-order chi connectivity index (χ0) is 16.4. The van der Waals surface area contributed by atoms with E-state index in [1.807, 2.05) is 39.8 Å². The van der Waals surface area contributed by atoms with E-state index in [1.165, 1.54) is 0 Å². The van der Waals surface area contributed by atoms with Gasteiger partial charge in [0.2, 0.25) is 15.9 Å². The number of rotatable bonds is 4. The van der Waals surface area contributed by atoms with E-state index >= 15 is 0 Å². The molecule has 0 saturated carbocycles. The van der Waals surface area contributed by atoms with Gasteiger partial charge >= 0.3 is 0 Å². The molecule has 0 bridgehead atoms. The first kappa shape index (κ1) is 17.5. The van der Waals surface area contributed by atoms with E-state index in [2.05, 4.69) is 5.32 Å². The van der Waals surface area contributed by atoms with Gasteiger partial charge in [-0.1, -0.05) is 17.7 Å². The summed E-state index contributed by atoms with van der Waals surface area (Å²) in [6, 6.07) is 6.24. The van der Waals surface area contributed by atoms with Crippen molar-refractivity contribution in [2.24, 2.45) is 0 Å². The Kier molecular flexibility index (Phi) is 5.04. The van der Waals surface area contributed by atoms with E-state index in [1.54, 1.807) is 19.1 Å². The molecular formula is C15H24N2O3S. The molecule has 21 heavy (non-hydrogen) atoms. The van der Waals surface area contributed by atoms with Gasteiger partial charge in [0.25, 0.3) is 0 Å². The van der Waals surface area contributed by atoms with Crippen LogP contribution in [0, 0.1) is 6.92 Å². The molecule has 1 atom stereocenters. The fourth-order valence-electron chi connectivity index (χ4n) is 1.97. The summed E-state index contributed by atoms with van der Waals surface area (Å²) in [5.41, 5.74) is 1.10. The summed E-state index contributed by atoms with van der Waals surface area (Å²) in [6.07, 6.45) is 1.10. The van der Waals surface area contributed by atoms with E-state index in [-0.39, 0.29) is 5.91 Å². The van der Waals surface area contributed by atoms with Crippen molar-refractivity contribution in [3.8, 4) is 0 Å². The van der Waals surface area contributed by atoms with Gasteiger partial charge in [0.1, 0.15) is 6.04 Å². The zero-order valence-corrected chi connectivity index (χ0v) is 14.3. The summed E-state index contributed by atoms with van der Waals surface area (Å²) in [4.78, 5) is 12.3. The Balaban J connectivity index is 3.15. The highest BCUT2D eigenvalue weighted by Crippen LogP contribution is 2.21. The summed E-state index contributed by atoms with van der Waals surface area (Å²) in [5.74, 6) is -0.325. The van der Waals surface area contributed by atoms with Crippen molar-refractivity contribution in [2.75, 3.05) is 10.6 Å². The van der Waals surface area contributed by atoms with Crippen molar-refractivity contribution in [2.45, 2.75) is 46.2 Å². The minimum atomic E-state index is -3.56. The van der Waals surface area contributed by atoms with Gasteiger partial charge < -0.3 is 5.32 Å². The molecule has 0 aliphatic rings. The predicted octanol–water partition coefficient (Wildman–Crippen LogP) is 2.06. The summed E-state index contributed by atoms with van der Waals surface area (Å²) >= 11 is 0. The van der Waals surface area contributed by atoms with Gasteiger partial charge in [-0.15, -0.1) is 0 Å². The van der Waals surface area contributed by atoms with Crippen molar-refractivity contribution >= 4 is 21.6 Å². The molecule has 0 heterocycles. The van der Waals surface area contributed by atoms with Crippen LogP contribution in [0.25, 0.3) is 0 Å². The number of hydrogen-bond acceptors (Lipinski definition) is 3. The number of sulfonamides is 1. The zero-order valence-electron chi connectivity index (χ0n) is 13.5. The van der Waals surface area contributed by atoms with Crippen LogP contribution >= 0.6 is 0 Å². The molecule has 5 nitrogen and oxygen atoms in total. The SMILES string of the molecule is Cc1ccc(N([C@H](C)C(=O)NC(C)(C)C)S(C)(=O)=O)cc1. The molecule has 0 aliphatic carbocycles. The van der Waals surface area contributed by atoms with Gasteiger partial charge in [-0.2, -0.15) is 0 Å². The third kappa shape index (κ3) is 5.04. The number of hydrogen-bond donors (Lipinski definition) is 1. The molecule has 1 rings (SSSR count). The van der Waals surface area contributed by atoms with Crippen molar-refractivity contribution in [1.29, 1.82) is 0 Å². The third-order valence-corrected chi connectivity index (χ3v) is 4.12. The average molecular weight is 312 g/mol. The van der Waals surface area contributed by atoms with Crippen LogP contribution in [-0.2, 0) is 14.8 Å². The van der Waals surface area contributed by atoms with Gasteiger partial charge in [-0.3, -0.25) is 9.10 Å². The minimum absolute atomic E-state index is 0.325. The normalized spacial score (nSPS) is 13.6. The van der Waals surface area contributed by atoms with Crippen LogP contribution < -0.4 is 9.62 Å². The van der Waals surface area contributed by atoms with Crippen molar-refractivity contribution in [1.82, 2.24) is 5.32 Å². The van der Waals surface area contributed by atoms with E-state index in [4.69, 9.17) is 0 Å². The maximum absolute atomic E-state index is 12.3. The molecule has 0 fully saturated rings. The second-order valence-electron chi connectivity index (χ2n) is 6.31. The maximum atomic E-state index is 12.3. The van der Waals surface area contributed by atoms with Gasteiger partial charge in [0.15, 0.2) is 0 Å². The summed E-state index contributed by atoms with van der Waals surface area (Å²) in [6.45, 7) is 9.07. The Morgan fingerprint density at radius 3 is 2.05 bits per heavy atom. The molecule has 0 radical (unpaired) electrons. The topological polar surface area (TPSA) is 66.5 Å². The lowest BCUT2D eigenvalue weighted by Gasteiger charge is -2.31. The molecule has 0 aliphatic heterocycles.